The molecule has 16 heteroatoms. The molecule has 1 aromatic carbocycles. The van der Waals surface area contributed by atoms with Crippen LogP contribution >= 0.6 is 0 Å². The monoisotopic (exact) mass is 668 g/mol. The van der Waals surface area contributed by atoms with Crippen LogP contribution in [0.2, 0.25) is 0 Å². The van der Waals surface area contributed by atoms with Crippen LogP contribution in [0.15, 0.2) is 30.3 Å². The van der Waals surface area contributed by atoms with Gasteiger partial charge >= 0.3 is 35.8 Å². The highest BCUT2D eigenvalue weighted by Crippen LogP contribution is 2.34. The van der Waals surface area contributed by atoms with Crippen LogP contribution in [-0.2, 0) is 82.7 Å². The van der Waals surface area contributed by atoms with Crippen LogP contribution in [0.3, 0.4) is 0 Å². The Morgan fingerprint density at radius 3 is 1.77 bits per heavy atom. The number of esters is 6. The molecular formula is C31H40O16. The third kappa shape index (κ3) is 11.9. The average Bonchev–Trinajstić information content (AvgIpc) is 2.96. The molecule has 2 saturated heterocycles. The summed E-state index contributed by atoms with van der Waals surface area (Å²) in [5, 5.41) is 0. The second kappa shape index (κ2) is 17.7. The van der Waals surface area contributed by atoms with Gasteiger partial charge in [0, 0.05) is 48.0 Å². The van der Waals surface area contributed by atoms with Crippen LogP contribution < -0.4 is 0 Å². The van der Waals surface area contributed by atoms with E-state index in [9.17, 15) is 28.8 Å². The Morgan fingerprint density at radius 2 is 1.19 bits per heavy atom. The zero-order valence-corrected chi connectivity index (χ0v) is 26.9. The van der Waals surface area contributed by atoms with E-state index in [4.69, 9.17) is 47.4 Å². The van der Waals surface area contributed by atoms with E-state index in [2.05, 4.69) is 0 Å². The van der Waals surface area contributed by atoms with Crippen molar-refractivity contribution in [2.75, 3.05) is 13.2 Å². The molecule has 0 aliphatic carbocycles. The van der Waals surface area contributed by atoms with Crippen LogP contribution in [0.1, 0.15) is 53.5 Å². The van der Waals surface area contributed by atoms with Crippen molar-refractivity contribution in [2.24, 2.45) is 0 Å². The fraction of sp³-hybridized carbons (Fsp3) is 0.613. The van der Waals surface area contributed by atoms with Gasteiger partial charge in [-0.3, -0.25) is 28.8 Å². The molecule has 2 aliphatic heterocycles. The van der Waals surface area contributed by atoms with E-state index in [1.165, 1.54) is 6.92 Å². The Hall–Kier alpha value is -4.12. The van der Waals surface area contributed by atoms with Crippen molar-refractivity contribution in [1.82, 2.24) is 0 Å². The molecule has 0 N–H and O–H groups in total. The van der Waals surface area contributed by atoms with Gasteiger partial charge < -0.3 is 47.4 Å². The molecule has 0 spiro atoms. The SMILES string of the molecule is CC(=O)OC[C@H]1O[C@H](OC(C)=O)[C@H](OC(C)=O)[C@@H](OC(C)=O)[C@@H]1O[C@@H]1O[C@H](COCc2ccccc2)C[C@H](OC(C)=O)[C@H]1OC(C)=O. The molecular weight excluding hydrogens is 628 g/mol. The summed E-state index contributed by atoms with van der Waals surface area (Å²) in [6.45, 7) is 6.39. The summed E-state index contributed by atoms with van der Waals surface area (Å²) in [4.78, 5) is 72.5. The number of carbonyl (C=O) groups is 6. The number of rotatable bonds is 13. The normalized spacial score (nSPS) is 28.7. The van der Waals surface area contributed by atoms with Crippen molar-refractivity contribution in [1.29, 1.82) is 0 Å². The molecule has 47 heavy (non-hydrogen) atoms. The van der Waals surface area contributed by atoms with Crippen molar-refractivity contribution < 1.29 is 76.1 Å². The largest absolute Gasteiger partial charge is 0.463 e. The van der Waals surface area contributed by atoms with E-state index in [1.807, 2.05) is 30.3 Å². The van der Waals surface area contributed by atoms with Gasteiger partial charge in [-0.1, -0.05) is 30.3 Å². The summed E-state index contributed by atoms with van der Waals surface area (Å²) in [5.41, 5.74) is 0.890. The van der Waals surface area contributed by atoms with Crippen LogP contribution in [-0.4, -0.2) is 104 Å². The molecule has 2 heterocycles. The van der Waals surface area contributed by atoms with Gasteiger partial charge in [0.15, 0.2) is 18.5 Å². The lowest BCUT2D eigenvalue weighted by molar-refractivity contribution is -0.348. The third-order valence-corrected chi connectivity index (χ3v) is 6.71. The van der Waals surface area contributed by atoms with Gasteiger partial charge in [-0.15, -0.1) is 0 Å². The van der Waals surface area contributed by atoms with Crippen molar-refractivity contribution in [2.45, 2.75) is 110 Å². The highest BCUT2D eigenvalue weighted by Gasteiger charge is 2.55. The summed E-state index contributed by atoms with van der Waals surface area (Å²) in [6, 6.07) is 9.31. The maximum absolute atomic E-state index is 12.3. The highest BCUT2D eigenvalue weighted by molar-refractivity contribution is 5.69. The van der Waals surface area contributed by atoms with Gasteiger partial charge in [0.2, 0.25) is 12.4 Å². The van der Waals surface area contributed by atoms with Crippen molar-refractivity contribution in [3.8, 4) is 0 Å². The molecule has 1 aromatic rings. The van der Waals surface area contributed by atoms with Gasteiger partial charge in [0.05, 0.1) is 19.3 Å². The topological polar surface area (TPSA) is 195 Å². The first-order chi connectivity index (χ1) is 22.2. The van der Waals surface area contributed by atoms with E-state index in [-0.39, 0.29) is 19.6 Å². The van der Waals surface area contributed by atoms with Crippen LogP contribution in [0.4, 0.5) is 0 Å². The Kier molecular flexibility index (Phi) is 14.1. The molecule has 3 rings (SSSR count). The third-order valence-electron chi connectivity index (χ3n) is 6.71. The first-order valence-corrected chi connectivity index (χ1v) is 14.8. The number of carbonyl (C=O) groups excluding carboxylic acids is 6. The lowest BCUT2D eigenvalue weighted by Gasteiger charge is -2.47. The zero-order chi connectivity index (χ0) is 34.7. The van der Waals surface area contributed by atoms with Crippen LogP contribution in [0.25, 0.3) is 0 Å². The van der Waals surface area contributed by atoms with E-state index in [0.29, 0.717) is 0 Å². The second-order valence-electron chi connectivity index (χ2n) is 10.8. The Bertz CT molecular complexity index is 1250. The number of hydrogen-bond donors (Lipinski definition) is 0. The fourth-order valence-corrected chi connectivity index (χ4v) is 5.07. The minimum absolute atomic E-state index is 0.00464. The summed E-state index contributed by atoms with van der Waals surface area (Å²) < 4.78 is 56.5. The molecule has 9 atom stereocenters. The Balaban J connectivity index is 2.01. The summed E-state index contributed by atoms with van der Waals surface area (Å²) in [6.07, 6.45) is -12.2. The zero-order valence-electron chi connectivity index (χ0n) is 26.9. The Morgan fingerprint density at radius 1 is 0.617 bits per heavy atom. The standard InChI is InChI=1S/C31H40O16/c1-16(32)39-15-25-26(28(42-19(4)35)29(43-20(5)36)31(46-25)44-21(6)37)47-30-27(41-18(3)34)24(40-17(2)33)12-23(45-30)14-38-13-22-10-8-7-9-11-22/h7-11,23-31H,12-15H2,1-6H3/t23-,24-,25+,26+,27+,28-,29+,30-,31-/m0/s1. The molecule has 16 nitrogen and oxygen atoms in total. The first kappa shape index (κ1) is 37.3. The summed E-state index contributed by atoms with van der Waals surface area (Å²) >= 11 is 0. The maximum atomic E-state index is 12.3. The quantitative estimate of drug-likeness (QED) is 0.215. The molecule has 0 bridgehead atoms. The number of benzene rings is 1. The molecule has 0 amide bonds. The predicted octanol–water partition coefficient (Wildman–Crippen LogP) is 1.28. The van der Waals surface area contributed by atoms with Gasteiger partial charge in [-0.2, -0.15) is 0 Å². The molecule has 2 aliphatic rings. The van der Waals surface area contributed by atoms with E-state index >= 15 is 0 Å². The van der Waals surface area contributed by atoms with Crippen LogP contribution in [0.5, 0.6) is 0 Å². The van der Waals surface area contributed by atoms with E-state index in [0.717, 1.165) is 40.2 Å². The second-order valence-corrected chi connectivity index (χ2v) is 10.8. The van der Waals surface area contributed by atoms with Crippen molar-refractivity contribution in [3.05, 3.63) is 35.9 Å². The summed E-state index contributed by atoms with van der Waals surface area (Å²) in [5.74, 6) is -4.66. The molecule has 0 saturated carbocycles. The first-order valence-electron chi connectivity index (χ1n) is 14.8. The lowest BCUT2D eigenvalue weighted by Crippen LogP contribution is -2.65. The predicted molar refractivity (Wildman–Crippen MR) is 154 cm³/mol. The van der Waals surface area contributed by atoms with Gasteiger partial charge in [-0.25, -0.2) is 0 Å². The molecule has 2 fully saturated rings. The van der Waals surface area contributed by atoms with Crippen LogP contribution in [0, 0.1) is 0 Å². The lowest BCUT2D eigenvalue weighted by atomic mass is 9.97. The average molecular weight is 669 g/mol. The van der Waals surface area contributed by atoms with Crippen molar-refractivity contribution in [3.63, 3.8) is 0 Å². The minimum atomic E-state index is -1.62. The van der Waals surface area contributed by atoms with Gasteiger partial charge in [0.1, 0.15) is 24.9 Å². The van der Waals surface area contributed by atoms with E-state index < -0.39 is 97.7 Å². The highest BCUT2D eigenvalue weighted by atomic mass is 16.8. The molecule has 260 valence electrons. The smallest absolute Gasteiger partial charge is 0.305 e. The molecule has 0 radical (unpaired) electrons. The van der Waals surface area contributed by atoms with Crippen molar-refractivity contribution >= 4 is 35.8 Å². The van der Waals surface area contributed by atoms with Gasteiger partial charge in [0.25, 0.3) is 0 Å². The summed E-state index contributed by atoms with van der Waals surface area (Å²) in [7, 11) is 0. The Labute approximate surface area is 271 Å². The maximum Gasteiger partial charge on any atom is 0.305 e. The number of hydrogen-bond acceptors (Lipinski definition) is 16. The van der Waals surface area contributed by atoms with E-state index in [1.54, 1.807) is 0 Å². The molecule has 0 unspecified atom stereocenters. The minimum Gasteiger partial charge on any atom is -0.463 e. The van der Waals surface area contributed by atoms with Gasteiger partial charge in [-0.05, 0) is 5.56 Å². The molecule has 0 aromatic heterocycles. The fourth-order valence-electron chi connectivity index (χ4n) is 5.07. The number of ether oxygens (including phenoxy) is 10.